The normalized spacial score (nSPS) is 17.1. The average molecular weight is 339 g/mol. The van der Waals surface area contributed by atoms with E-state index in [4.69, 9.17) is 9.47 Å². The van der Waals surface area contributed by atoms with Crippen LogP contribution in [-0.4, -0.2) is 55.0 Å². The third-order valence-electron chi connectivity index (χ3n) is 3.87. The fraction of sp³-hybridized carbons (Fsp3) is 0.667. The lowest BCUT2D eigenvalue weighted by Crippen LogP contribution is -2.49. The maximum Gasteiger partial charge on any atom is 0.410 e. The standard InChI is InChI=1S/C18H29NO5/c1-7-8-18(23-13-14(2)15(20)22-6)9-11-19(12-10-18)16(21)24-17(3,4)5/h7H,1-2,8-13H2,3-6H3. The number of methoxy groups -OCH3 is 1. The fourth-order valence-electron chi connectivity index (χ4n) is 2.54. The van der Waals surface area contributed by atoms with Crippen molar-refractivity contribution >= 4 is 12.1 Å². The first-order valence-corrected chi connectivity index (χ1v) is 8.11. The van der Waals surface area contributed by atoms with Crippen LogP contribution in [0.2, 0.25) is 0 Å². The topological polar surface area (TPSA) is 65.1 Å². The number of hydrogen-bond donors (Lipinski definition) is 0. The van der Waals surface area contributed by atoms with Gasteiger partial charge in [0.05, 0.1) is 24.9 Å². The van der Waals surface area contributed by atoms with Crippen molar-refractivity contribution in [3.63, 3.8) is 0 Å². The van der Waals surface area contributed by atoms with Crippen molar-refractivity contribution in [2.45, 2.75) is 51.2 Å². The molecule has 0 bridgehead atoms. The summed E-state index contributed by atoms with van der Waals surface area (Å²) in [5, 5.41) is 0. The van der Waals surface area contributed by atoms with Crippen molar-refractivity contribution in [2.75, 3.05) is 26.8 Å². The number of carbonyl (C=O) groups excluding carboxylic acids is 2. The van der Waals surface area contributed by atoms with Gasteiger partial charge in [0, 0.05) is 13.1 Å². The van der Waals surface area contributed by atoms with Crippen LogP contribution in [-0.2, 0) is 19.0 Å². The Morgan fingerprint density at radius 1 is 1.25 bits per heavy atom. The number of ether oxygens (including phenoxy) is 3. The number of piperidine rings is 1. The molecule has 1 heterocycles. The van der Waals surface area contributed by atoms with Crippen LogP contribution in [0, 0.1) is 0 Å². The molecule has 136 valence electrons. The highest BCUT2D eigenvalue weighted by atomic mass is 16.6. The van der Waals surface area contributed by atoms with E-state index in [2.05, 4.69) is 17.9 Å². The van der Waals surface area contributed by atoms with E-state index in [1.807, 2.05) is 20.8 Å². The molecule has 0 aromatic rings. The van der Waals surface area contributed by atoms with E-state index >= 15 is 0 Å². The lowest BCUT2D eigenvalue weighted by molar-refractivity contribution is -0.138. The first-order chi connectivity index (χ1) is 11.1. The van der Waals surface area contributed by atoms with Crippen LogP contribution in [0.3, 0.4) is 0 Å². The Morgan fingerprint density at radius 3 is 2.29 bits per heavy atom. The van der Waals surface area contributed by atoms with Crippen LogP contribution in [0.4, 0.5) is 4.79 Å². The van der Waals surface area contributed by atoms with Gasteiger partial charge in [-0.1, -0.05) is 12.7 Å². The summed E-state index contributed by atoms with van der Waals surface area (Å²) >= 11 is 0. The summed E-state index contributed by atoms with van der Waals surface area (Å²) in [4.78, 5) is 25.3. The van der Waals surface area contributed by atoms with Crippen LogP contribution < -0.4 is 0 Å². The Morgan fingerprint density at radius 2 is 1.83 bits per heavy atom. The molecule has 0 atom stereocenters. The number of rotatable bonds is 6. The summed E-state index contributed by atoms with van der Waals surface area (Å²) in [7, 11) is 1.31. The summed E-state index contributed by atoms with van der Waals surface area (Å²) in [6.07, 6.45) is 3.42. The highest BCUT2D eigenvalue weighted by Gasteiger charge is 2.37. The number of carbonyl (C=O) groups is 2. The SMILES string of the molecule is C=CCC1(OCC(=C)C(=O)OC)CCN(C(=O)OC(C)(C)C)CC1. The lowest BCUT2D eigenvalue weighted by Gasteiger charge is -2.41. The van der Waals surface area contributed by atoms with Gasteiger partial charge in [-0.15, -0.1) is 6.58 Å². The van der Waals surface area contributed by atoms with Gasteiger partial charge < -0.3 is 19.1 Å². The minimum atomic E-state index is -0.512. The molecule has 6 heteroatoms. The zero-order chi connectivity index (χ0) is 18.4. The Bertz CT molecular complexity index is 484. The molecule has 0 unspecified atom stereocenters. The molecule has 1 amide bonds. The summed E-state index contributed by atoms with van der Waals surface area (Å²) < 4.78 is 16.0. The quantitative estimate of drug-likeness (QED) is 0.423. The predicted molar refractivity (Wildman–Crippen MR) is 91.7 cm³/mol. The van der Waals surface area contributed by atoms with E-state index in [0.29, 0.717) is 32.4 Å². The molecule has 0 radical (unpaired) electrons. The molecule has 1 rings (SSSR count). The number of hydrogen-bond acceptors (Lipinski definition) is 5. The number of amides is 1. The van der Waals surface area contributed by atoms with Crippen LogP contribution in [0.1, 0.15) is 40.0 Å². The largest absolute Gasteiger partial charge is 0.466 e. The van der Waals surface area contributed by atoms with Crippen LogP contribution in [0.15, 0.2) is 24.8 Å². The smallest absolute Gasteiger partial charge is 0.410 e. The zero-order valence-corrected chi connectivity index (χ0v) is 15.2. The maximum absolute atomic E-state index is 12.1. The first-order valence-electron chi connectivity index (χ1n) is 8.11. The van der Waals surface area contributed by atoms with E-state index in [9.17, 15) is 9.59 Å². The Kier molecular flexibility index (Phi) is 7.02. The molecule has 0 aliphatic carbocycles. The molecule has 1 aliphatic heterocycles. The van der Waals surface area contributed by atoms with E-state index in [0.717, 1.165) is 0 Å². The van der Waals surface area contributed by atoms with Gasteiger partial charge in [-0.05, 0) is 40.0 Å². The minimum absolute atomic E-state index is 0.104. The van der Waals surface area contributed by atoms with E-state index in [-0.39, 0.29) is 18.3 Å². The molecule has 0 saturated carbocycles. The number of nitrogens with zero attached hydrogens (tertiary/aromatic N) is 1. The molecular formula is C18H29NO5. The molecule has 6 nitrogen and oxygen atoms in total. The third kappa shape index (κ3) is 6.00. The van der Waals surface area contributed by atoms with Crippen LogP contribution >= 0.6 is 0 Å². The minimum Gasteiger partial charge on any atom is -0.466 e. The maximum atomic E-state index is 12.1. The molecular weight excluding hydrogens is 310 g/mol. The van der Waals surface area contributed by atoms with Gasteiger partial charge in [-0.25, -0.2) is 9.59 Å². The van der Waals surface area contributed by atoms with Crippen molar-refractivity contribution in [1.82, 2.24) is 4.90 Å². The van der Waals surface area contributed by atoms with Gasteiger partial charge in [0.1, 0.15) is 5.60 Å². The Labute approximate surface area is 144 Å². The highest BCUT2D eigenvalue weighted by molar-refractivity contribution is 5.87. The second-order valence-electron chi connectivity index (χ2n) is 7.03. The lowest BCUT2D eigenvalue weighted by atomic mass is 9.88. The van der Waals surface area contributed by atoms with Gasteiger partial charge in [-0.3, -0.25) is 0 Å². The van der Waals surface area contributed by atoms with Crippen molar-refractivity contribution in [1.29, 1.82) is 0 Å². The second-order valence-corrected chi connectivity index (χ2v) is 7.03. The first kappa shape index (κ1) is 20.2. The summed E-state index contributed by atoms with van der Waals surface area (Å²) in [6.45, 7) is 14.2. The molecule has 1 saturated heterocycles. The molecule has 24 heavy (non-hydrogen) atoms. The van der Waals surface area contributed by atoms with Gasteiger partial charge in [0.2, 0.25) is 0 Å². The van der Waals surface area contributed by atoms with Crippen molar-refractivity contribution in [3.05, 3.63) is 24.8 Å². The van der Waals surface area contributed by atoms with Crippen molar-refractivity contribution < 1.29 is 23.8 Å². The molecule has 0 aromatic heterocycles. The van der Waals surface area contributed by atoms with Gasteiger partial charge in [0.15, 0.2) is 0 Å². The Balaban J connectivity index is 2.63. The van der Waals surface area contributed by atoms with Crippen molar-refractivity contribution in [3.8, 4) is 0 Å². The molecule has 0 spiro atoms. The fourth-order valence-corrected chi connectivity index (χ4v) is 2.54. The second kappa shape index (κ2) is 8.33. The van der Waals surface area contributed by atoms with Crippen LogP contribution in [0.5, 0.6) is 0 Å². The third-order valence-corrected chi connectivity index (χ3v) is 3.87. The van der Waals surface area contributed by atoms with Crippen molar-refractivity contribution in [2.24, 2.45) is 0 Å². The van der Waals surface area contributed by atoms with E-state index in [1.165, 1.54) is 7.11 Å². The summed E-state index contributed by atoms with van der Waals surface area (Å²) in [5.74, 6) is -0.477. The van der Waals surface area contributed by atoms with Gasteiger partial charge >= 0.3 is 12.1 Å². The number of esters is 1. The number of likely N-dealkylation sites (tertiary alicyclic amines) is 1. The average Bonchev–Trinajstić information content (AvgIpc) is 2.51. The zero-order valence-electron chi connectivity index (χ0n) is 15.2. The van der Waals surface area contributed by atoms with E-state index < -0.39 is 17.2 Å². The summed E-state index contributed by atoms with van der Waals surface area (Å²) in [6, 6.07) is 0. The monoisotopic (exact) mass is 339 g/mol. The molecule has 1 aliphatic rings. The van der Waals surface area contributed by atoms with E-state index in [1.54, 1.807) is 11.0 Å². The molecule has 1 fully saturated rings. The van der Waals surface area contributed by atoms with Gasteiger partial charge in [0.25, 0.3) is 0 Å². The van der Waals surface area contributed by atoms with Gasteiger partial charge in [-0.2, -0.15) is 0 Å². The molecule has 0 N–H and O–H groups in total. The van der Waals surface area contributed by atoms with Crippen LogP contribution in [0.25, 0.3) is 0 Å². The predicted octanol–water partition coefficient (Wildman–Crippen LogP) is 3.08. The molecule has 0 aromatic carbocycles. The highest BCUT2D eigenvalue weighted by Crippen LogP contribution is 2.31. The summed E-state index contributed by atoms with van der Waals surface area (Å²) in [5.41, 5.74) is -0.686. The Hall–Kier alpha value is -1.82.